The van der Waals surface area contributed by atoms with E-state index in [1.165, 1.54) is 0 Å². The quantitative estimate of drug-likeness (QED) is 0.631. The Morgan fingerprint density at radius 1 is 1.39 bits per heavy atom. The monoisotopic (exact) mass is 258 g/mol. The van der Waals surface area contributed by atoms with Gasteiger partial charge in [-0.1, -0.05) is 27.7 Å². The van der Waals surface area contributed by atoms with Gasteiger partial charge in [0.1, 0.15) is 5.54 Å². The van der Waals surface area contributed by atoms with E-state index in [-0.39, 0.29) is 0 Å². The van der Waals surface area contributed by atoms with Gasteiger partial charge >= 0.3 is 5.97 Å². The van der Waals surface area contributed by atoms with E-state index in [9.17, 15) is 9.90 Å². The molecule has 4 heteroatoms. The maximum absolute atomic E-state index is 11.4. The average molecular weight is 258 g/mol. The van der Waals surface area contributed by atoms with Crippen LogP contribution in [0.25, 0.3) is 0 Å². The zero-order chi connectivity index (χ0) is 14.2. The molecule has 0 aromatic carbocycles. The van der Waals surface area contributed by atoms with E-state index in [4.69, 9.17) is 0 Å². The number of rotatable bonds is 10. The highest BCUT2D eigenvalue weighted by molar-refractivity contribution is 5.78. The van der Waals surface area contributed by atoms with Crippen molar-refractivity contribution in [3.63, 3.8) is 0 Å². The number of nitrogens with zero attached hydrogens (tertiary/aromatic N) is 1. The highest BCUT2D eigenvalue weighted by Gasteiger charge is 2.34. The van der Waals surface area contributed by atoms with Gasteiger partial charge in [-0.2, -0.15) is 0 Å². The van der Waals surface area contributed by atoms with E-state index in [1.807, 2.05) is 13.8 Å². The maximum atomic E-state index is 11.4. The zero-order valence-corrected chi connectivity index (χ0v) is 12.6. The summed E-state index contributed by atoms with van der Waals surface area (Å²) in [5.41, 5.74) is -0.743. The van der Waals surface area contributed by atoms with E-state index in [1.54, 1.807) is 0 Å². The standard InChI is InChI=1S/C14H30N2O2/c1-6-14(13(17)18,15-7-2)9-8-10-16(5)11-12(3)4/h12,15H,6-11H2,1-5H3,(H,17,18). The van der Waals surface area contributed by atoms with E-state index in [2.05, 4.69) is 31.1 Å². The molecule has 108 valence electrons. The van der Waals surface area contributed by atoms with Gasteiger partial charge in [0.2, 0.25) is 0 Å². The normalized spacial score (nSPS) is 15.1. The number of carboxylic acid groups (broad SMARTS) is 1. The van der Waals surface area contributed by atoms with Crippen LogP contribution in [0.15, 0.2) is 0 Å². The zero-order valence-electron chi connectivity index (χ0n) is 12.6. The molecule has 1 unspecified atom stereocenters. The number of likely N-dealkylation sites (N-methyl/N-ethyl adjacent to an activating group) is 1. The molecule has 0 saturated carbocycles. The highest BCUT2D eigenvalue weighted by Crippen LogP contribution is 2.18. The van der Waals surface area contributed by atoms with Gasteiger partial charge < -0.3 is 15.3 Å². The molecule has 0 saturated heterocycles. The first-order chi connectivity index (χ1) is 8.38. The lowest BCUT2D eigenvalue weighted by molar-refractivity contribution is -0.145. The molecule has 0 heterocycles. The molecule has 1 atom stereocenters. The van der Waals surface area contributed by atoms with Crippen molar-refractivity contribution in [2.24, 2.45) is 5.92 Å². The van der Waals surface area contributed by atoms with Crippen LogP contribution in [0.3, 0.4) is 0 Å². The molecular weight excluding hydrogens is 228 g/mol. The second-order valence-electron chi connectivity index (χ2n) is 5.53. The van der Waals surface area contributed by atoms with Crippen LogP contribution in [-0.2, 0) is 4.79 Å². The molecule has 0 aliphatic carbocycles. The molecule has 0 radical (unpaired) electrons. The van der Waals surface area contributed by atoms with Crippen LogP contribution in [0.1, 0.15) is 47.0 Å². The topological polar surface area (TPSA) is 52.6 Å². The number of hydrogen-bond donors (Lipinski definition) is 2. The summed E-state index contributed by atoms with van der Waals surface area (Å²) in [6, 6.07) is 0. The van der Waals surface area contributed by atoms with Crippen LogP contribution < -0.4 is 5.32 Å². The largest absolute Gasteiger partial charge is 0.480 e. The molecule has 0 bridgehead atoms. The van der Waals surface area contributed by atoms with Crippen LogP contribution in [0.4, 0.5) is 0 Å². The Kier molecular flexibility index (Phi) is 8.20. The number of aliphatic carboxylic acids is 1. The smallest absolute Gasteiger partial charge is 0.323 e. The Labute approximate surface area is 112 Å². The number of nitrogens with one attached hydrogen (secondary N) is 1. The fraction of sp³-hybridized carbons (Fsp3) is 0.929. The van der Waals surface area contributed by atoms with Crippen LogP contribution in [-0.4, -0.2) is 48.2 Å². The fourth-order valence-corrected chi connectivity index (χ4v) is 2.43. The van der Waals surface area contributed by atoms with E-state index in [0.29, 0.717) is 25.3 Å². The second-order valence-corrected chi connectivity index (χ2v) is 5.53. The Balaban J connectivity index is 4.23. The minimum absolute atomic E-state index is 0.629. The Bertz CT molecular complexity index is 244. The summed E-state index contributed by atoms with van der Waals surface area (Å²) in [7, 11) is 2.10. The summed E-state index contributed by atoms with van der Waals surface area (Å²) in [6.07, 6.45) is 2.23. The van der Waals surface area contributed by atoms with E-state index < -0.39 is 11.5 Å². The van der Waals surface area contributed by atoms with Crippen LogP contribution >= 0.6 is 0 Å². The lowest BCUT2D eigenvalue weighted by Gasteiger charge is -2.30. The lowest BCUT2D eigenvalue weighted by Crippen LogP contribution is -2.51. The van der Waals surface area contributed by atoms with Gasteiger partial charge in [-0.05, 0) is 45.3 Å². The number of carboxylic acids is 1. The molecular formula is C14H30N2O2. The fourth-order valence-electron chi connectivity index (χ4n) is 2.43. The predicted octanol–water partition coefficient (Wildman–Crippen LogP) is 2.20. The highest BCUT2D eigenvalue weighted by atomic mass is 16.4. The van der Waals surface area contributed by atoms with Gasteiger partial charge in [0.25, 0.3) is 0 Å². The van der Waals surface area contributed by atoms with E-state index in [0.717, 1.165) is 19.5 Å². The van der Waals surface area contributed by atoms with Crippen molar-refractivity contribution < 1.29 is 9.90 Å². The molecule has 0 aliphatic heterocycles. The summed E-state index contributed by atoms with van der Waals surface area (Å²) >= 11 is 0. The van der Waals surface area contributed by atoms with Crippen LogP contribution in [0, 0.1) is 5.92 Å². The van der Waals surface area contributed by atoms with Gasteiger partial charge in [-0.15, -0.1) is 0 Å². The number of carbonyl (C=O) groups is 1. The third kappa shape index (κ3) is 5.83. The first-order valence-electron chi connectivity index (χ1n) is 7.05. The van der Waals surface area contributed by atoms with Crippen molar-refractivity contribution in [2.45, 2.75) is 52.5 Å². The molecule has 0 aromatic rings. The predicted molar refractivity (Wildman–Crippen MR) is 75.9 cm³/mol. The molecule has 0 fully saturated rings. The van der Waals surface area contributed by atoms with Crippen molar-refractivity contribution in [3.05, 3.63) is 0 Å². The molecule has 2 N–H and O–H groups in total. The van der Waals surface area contributed by atoms with Gasteiger partial charge in [0.15, 0.2) is 0 Å². The molecule has 0 aliphatic rings. The second kappa shape index (κ2) is 8.48. The van der Waals surface area contributed by atoms with Gasteiger partial charge in [-0.3, -0.25) is 4.79 Å². The molecule has 18 heavy (non-hydrogen) atoms. The molecule has 0 amide bonds. The molecule has 0 aromatic heterocycles. The summed E-state index contributed by atoms with van der Waals surface area (Å²) in [5, 5.41) is 12.5. The third-order valence-electron chi connectivity index (χ3n) is 3.35. The molecule has 4 nitrogen and oxygen atoms in total. The average Bonchev–Trinajstić information content (AvgIpc) is 2.26. The Morgan fingerprint density at radius 3 is 2.39 bits per heavy atom. The first-order valence-corrected chi connectivity index (χ1v) is 7.05. The van der Waals surface area contributed by atoms with Crippen molar-refractivity contribution in [1.82, 2.24) is 10.2 Å². The third-order valence-corrected chi connectivity index (χ3v) is 3.35. The summed E-state index contributed by atoms with van der Waals surface area (Å²) in [6.45, 7) is 11.0. The maximum Gasteiger partial charge on any atom is 0.323 e. The number of hydrogen-bond acceptors (Lipinski definition) is 3. The molecule has 0 rings (SSSR count). The van der Waals surface area contributed by atoms with Crippen LogP contribution in [0.2, 0.25) is 0 Å². The van der Waals surface area contributed by atoms with Gasteiger partial charge in [0.05, 0.1) is 0 Å². The van der Waals surface area contributed by atoms with Crippen molar-refractivity contribution in [3.8, 4) is 0 Å². The molecule has 0 spiro atoms. The summed E-state index contributed by atoms with van der Waals surface area (Å²) < 4.78 is 0. The van der Waals surface area contributed by atoms with Crippen molar-refractivity contribution >= 4 is 5.97 Å². The minimum Gasteiger partial charge on any atom is -0.480 e. The minimum atomic E-state index is -0.743. The SMILES string of the molecule is CCNC(CC)(CCCN(C)CC(C)C)C(=O)O. The lowest BCUT2D eigenvalue weighted by atomic mass is 9.90. The van der Waals surface area contributed by atoms with E-state index >= 15 is 0 Å². The Morgan fingerprint density at radius 2 is 2.00 bits per heavy atom. The van der Waals surface area contributed by atoms with Gasteiger partial charge in [0, 0.05) is 6.54 Å². The van der Waals surface area contributed by atoms with Crippen LogP contribution in [0.5, 0.6) is 0 Å². The first kappa shape index (κ1) is 17.4. The Hall–Kier alpha value is -0.610. The van der Waals surface area contributed by atoms with Crippen molar-refractivity contribution in [1.29, 1.82) is 0 Å². The van der Waals surface area contributed by atoms with Crippen molar-refractivity contribution in [2.75, 3.05) is 26.7 Å². The summed E-state index contributed by atoms with van der Waals surface area (Å²) in [4.78, 5) is 13.7. The van der Waals surface area contributed by atoms with Gasteiger partial charge in [-0.25, -0.2) is 0 Å². The summed E-state index contributed by atoms with van der Waals surface area (Å²) in [5.74, 6) is -0.0717.